The topological polar surface area (TPSA) is 43.4 Å². The maximum Gasteiger partial charge on any atom is 0.303 e. The zero-order valence-electron chi connectivity index (χ0n) is 4.63. The van der Waals surface area contributed by atoms with Crippen LogP contribution in [0.25, 0.3) is 0 Å². The van der Waals surface area contributed by atoms with Crippen molar-refractivity contribution >= 4 is 34.3 Å². The summed E-state index contributed by atoms with van der Waals surface area (Å²) in [6, 6.07) is 0. The summed E-state index contributed by atoms with van der Waals surface area (Å²) in [6.07, 6.45) is -0.411. The lowest BCUT2D eigenvalue weighted by atomic mass is 10.8. The Bertz CT molecular complexity index is 151. The van der Waals surface area contributed by atoms with Gasteiger partial charge >= 0.3 is 5.97 Å². The predicted octanol–water partition coefficient (Wildman–Crippen LogP) is 2.18. The normalized spacial score (nSPS) is 11.0. The predicted molar refractivity (Wildman–Crippen MR) is 35.9 cm³/mol. The summed E-state index contributed by atoms with van der Waals surface area (Å²) < 4.78 is 14.6. The van der Waals surface area contributed by atoms with Gasteiger partial charge in [0.05, 0.1) is 0 Å². The number of hydrogen-bond donors (Lipinski definition) is 0. The number of esters is 1. The van der Waals surface area contributed by atoms with E-state index in [1.165, 1.54) is 6.92 Å². The third-order valence-electron chi connectivity index (χ3n) is 0.418. The van der Waals surface area contributed by atoms with E-state index in [4.69, 9.17) is 22.5 Å². The van der Waals surface area contributed by atoms with Gasteiger partial charge in [-0.3, -0.25) is 9.36 Å². The van der Waals surface area contributed by atoms with Gasteiger partial charge in [0.15, 0.2) is 6.35 Å². The van der Waals surface area contributed by atoms with E-state index >= 15 is 0 Å². The van der Waals surface area contributed by atoms with Crippen LogP contribution in [-0.2, 0) is 14.1 Å². The molecule has 0 atom stereocenters. The molecule has 0 saturated heterocycles. The van der Waals surface area contributed by atoms with Crippen molar-refractivity contribution in [1.82, 2.24) is 0 Å². The molecule has 3 nitrogen and oxygen atoms in total. The molecule has 0 amide bonds. The standard InChI is InChI=1S/C3H5Cl2O3P/c1-3(6)8-2-9(4,5)7/h2H2,1H3. The van der Waals surface area contributed by atoms with Crippen LogP contribution in [-0.4, -0.2) is 12.3 Å². The zero-order chi connectivity index (χ0) is 7.49. The van der Waals surface area contributed by atoms with Crippen LogP contribution in [0.15, 0.2) is 0 Å². The average Bonchev–Trinajstić information content (AvgIpc) is 1.59. The number of halogens is 2. The van der Waals surface area contributed by atoms with Crippen LogP contribution in [0, 0.1) is 0 Å². The molecule has 0 aromatic heterocycles. The maximum absolute atomic E-state index is 10.4. The van der Waals surface area contributed by atoms with Crippen molar-refractivity contribution in [3.05, 3.63) is 0 Å². The quantitative estimate of drug-likeness (QED) is 0.496. The Morgan fingerprint density at radius 3 is 2.22 bits per heavy atom. The van der Waals surface area contributed by atoms with Gasteiger partial charge < -0.3 is 4.74 Å². The van der Waals surface area contributed by atoms with E-state index in [2.05, 4.69) is 4.74 Å². The van der Waals surface area contributed by atoms with Crippen molar-refractivity contribution < 1.29 is 14.1 Å². The molecule has 0 unspecified atom stereocenters. The molecule has 0 spiro atoms. The smallest absolute Gasteiger partial charge is 0.303 e. The van der Waals surface area contributed by atoms with E-state index in [0.29, 0.717) is 0 Å². The first-order chi connectivity index (χ1) is 3.92. The van der Waals surface area contributed by atoms with Crippen molar-refractivity contribution in [3.8, 4) is 0 Å². The highest BCUT2D eigenvalue weighted by Crippen LogP contribution is 2.56. The molecule has 6 heteroatoms. The molecule has 0 radical (unpaired) electrons. The first-order valence-electron chi connectivity index (χ1n) is 2.03. The molecule has 0 rings (SSSR count). The van der Waals surface area contributed by atoms with Crippen molar-refractivity contribution in [1.29, 1.82) is 0 Å². The Labute approximate surface area is 62.2 Å². The molecule has 0 saturated carbocycles. The summed E-state index contributed by atoms with van der Waals surface area (Å²) >= 11 is 10.0. The lowest BCUT2D eigenvalue weighted by Crippen LogP contribution is -1.96. The van der Waals surface area contributed by atoms with E-state index < -0.39 is 18.2 Å². The minimum absolute atomic E-state index is 0.411. The summed E-state index contributed by atoms with van der Waals surface area (Å²) in [7, 11) is 0. The molecular formula is C3H5Cl2O3P. The third kappa shape index (κ3) is 8.28. The van der Waals surface area contributed by atoms with Crippen molar-refractivity contribution in [2.24, 2.45) is 0 Å². The van der Waals surface area contributed by atoms with E-state index in [0.717, 1.165) is 0 Å². The second-order valence-corrected chi connectivity index (χ2v) is 6.53. The number of carbonyl (C=O) groups is 1. The van der Waals surface area contributed by atoms with Gasteiger partial charge in [-0.25, -0.2) is 0 Å². The Morgan fingerprint density at radius 2 is 2.11 bits per heavy atom. The highest BCUT2D eigenvalue weighted by Gasteiger charge is 2.14. The van der Waals surface area contributed by atoms with Crippen molar-refractivity contribution in [2.45, 2.75) is 6.92 Å². The maximum atomic E-state index is 10.4. The molecule has 54 valence electrons. The molecule has 9 heavy (non-hydrogen) atoms. The third-order valence-corrected chi connectivity index (χ3v) is 1.43. The molecule has 0 aliphatic heterocycles. The van der Waals surface area contributed by atoms with Gasteiger partial charge in [0.2, 0.25) is 0 Å². The summed E-state index contributed by atoms with van der Waals surface area (Å²) in [5, 5.41) is 0. The van der Waals surface area contributed by atoms with Crippen LogP contribution in [0.5, 0.6) is 0 Å². The number of ether oxygens (including phenoxy) is 1. The Morgan fingerprint density at radius 1 is 1.67 bits per heavy atom. The van der Waals surface area contributed by atoms with Gasteiger partial charge in [0, 0.05) is 6.92 Å². The largest absolute Gasteiger partial charge is 0.455 e. The SMILES string of the molecule is CC(=O)OCP(=O)(Cl)Cl. The lowest BCUT2D eigenvalue weighted by Gasteiger charge is -1.99. The van der Waals surface area contributed by atoms with Gasteiger partial charge in [-0.05, 0) is 22.5 Å². The molecule has 0 aromatic carbocycles. The van der Waals surface area contributed by atoms with Crippen molar-refractivity contribution in [2.75, 3.05) is 6.35 Å². The number of rotatable bonds is 2. The van der Waals surface area contributed by atoms with Crippen molar-refractivity contribution in [3.63, 3.8) is 0 Å². The number of carbonyl (C=O) groups excluding carboxylic acids is 1. The molecule has 0 aliphatic rings. The van der Waals surface area contributed by atoms with E-state index in [1.54, 1.807) is 0 Å². The van der Waals surface area contributed by atoms with Gasteiger partial charge in [0.25, 0.3) is 5.85 Å². The molecule has 0 fully saturated rings. The van der Waals surface area contributed by atoms with E-state index in [-0.39, 0.29) is 0 Å². The van der Waals surface area contributed by atoms with Crippen LogP contribution in [0.4, 0.5) is 0 Å². The highest BCUT2D eigenvalue weighted by molar-refractivity contribution is 8.08. The Kier molecular flexibility index (Phi) is 3.56. The molecule has 0 aliphatic carbocycles. The summed E-state index contributed by atoms with van der Waals surface area (Å²) in [6.45, 7) is 1.18. The van der Waals surface area contributed by atoms with Crippen LogP contribution in [0.1, 0.15) is 6.92 Å². The Balaban J connectivity index is 3.53. The van der Waals surface area contributed by atoms with Gasteiger partial charge in [0.1, 0.15) is 0 Å². The summed E-state index contributed by atoms with van der Waals surface area (Å²) in [5.74, 6) is -3.76. The second kappa shape index (κ2) is 3.45. The minimum atomic E-state index is -3.22. The summed E-state index contributed by atoms with van der Waals surface area (Å²) in [5.41, 5.74) is 0. The molecule has 0 aromatic rings. The molecule has 0 heterocycles. The second-order valence-electron chi connectivity index (χ2n) is 1.34. The molecular weight excluding hydrogens is 186 g/mol. The first-order valence-corrected chi connectivity index (χ1v) is 5.74. The summed E-state index contributed by atoms with van der Waals surface area (Å²) in [4.78, 5) is 10.0. The fraction of sp³-hybridized carbons (Fsp3) is 0.667. The van der Waals surface area contributed by atoms with Crippen LogP contribution in [0.3, 0.4) is 0 Å². The van der Waals surface area contributed by atoms with Gasteiger partial charge in [-0.1, -0.05) is 0 Å². The average molecular weight is 191 g/mol. The molecule has 0 bridgehead atoms. The van der Waals surface area contributed by atoms with Crippen LogP contribution >= 0.6 is 28.3 Å². The molecule has 0 N–H and O–H groups in total. The monoisotopic (exact) mass is 190 g/mol. The first kappa shape index (κ1) is 9.28. The van der Waals surface area contributed by atoms with Gasteiger partial charge in [-0.2, -0.15) is 0 Å². The van der Waals surface area contributed by atoms with Crippen LogP contribution < -0.4 is 0 Å². The lowest BCUT2D eigenvalue weighted by molar-refractivity contribution is -0.138. The number of hydrogen-bond acceptors (Lipinski definition) is 3. The van der Waals surface area contributed by atoms with E-state index in [9.17, 15) is 9.36 Å². The van der Waals surface area contributed by atoms with Gasteiger partial charge in [-0.15, -0.1) is 0 Å². The van der Waals surface area contributed by atoms with E-state index in [1.807, 2.05) is 0 Å². The zero-order valence-corrected chi connectivity index (χ0v) is 7.04. The fourth-order valence-electron chi connectivity index (χ4n) is 0.166. The minimum Gasteiger partial charge on any atom is -0.455 e. The fourth-order valence-corrected chi connectivity index (χ4v) is 0.791. The Hall–Kier alpha value is 0.280. The van der Waals surface area contributed by atoms with Crippen LogP contribution in [0.2, 0.25) is 0 Å². The highest BCUT2D eigenvalue weighted by atomic mass is 35.9.